The predicted octanol–water partition coefficient (Wildman–Crippen LogP) is 1.61. The maximum atomic E-state index is 11.4. The van der Waals surface area contributed by atoms with Gasteiger partial charge in [0.2, 0.25) is 5.91 Å². The van der Waals surface area contributed by atoms with E-state index in [9.17, 15) is 4.79 Å². The molecule has 6 heteroatoms. The van der Waals surface area contributed by atoms with Crippen LogP contribution in [0.3, 0.4) is 0 Å². The lowest BCUT2D eigenvalue weighted by Gasteiger charge is -2.21. The molecule has 100 valence electrons. The van der Waals surface area contributed by atoms with E-state index in [-0.39, 0.29) is 0 Å². The van der Waals surface area contributed by atoms with Crippen LogP contribution in [0.25, 0.3) is 0 Å². The van der Waals surface area contributed by atoms with E-state index in [2.05, 4.69) is 5.32 Å². The molecule has 0 saturated heterocycles. The van der Waals surface area contributed by atoms with E-state index in [1.54, 1.807) is 24.3 Å². The fraction of sp³-hybridized carbons (Fsp3) is 0.417. The highest BCUT2D eigenvalue weighted by atomic mass is 35.5. The molecule has 0 aliphatic carbocycles. The molecule has 1 unspecified atom stereocenters. The number of hydrogen-bond donors (Lipinski definition) is 2. The van der Waals surface area contributed by atoms with Gasteiger partial charge in [0.15, 0.2) is 6.29 Å². The van der Waals surface area contributed by atoms with Crippen LogP contribution in [0.15, 0.2) is 24.3 Å². The van der Waals surface area contributed by atoms with E-state index in [1.165, 1.54) is 14.2 Å². The predicted molar refractivity (Wildman–Crippen MR) is 70.5 cm³/mol. The molecule has 0 bridgehead atoms. The number of nitrogens with two attached hydrogens (primary N) is 1. The van der Waals surface area contributed by atoms with Crippen molar-refractivity contribution in [3.63, 3.8) is 0 Å². The average molecular weight is 273 g/mol. The topological polar surface area (TPSA) is 73.6 Å². The number of benzene rings is 1. The van der Waals surface area contributed by atoms with Crippen LogP contribution in [0.2, 0.25) is 5.02 Å². The number of amides is 1. The molecule has 0 fully saturated rings. The number of rotatable bonds is 7. The molecule has 0 spiro atoms. The maximum Gasteiger partial charge on any atom is 0.240 e. The molecule has 0 aliphatic heterocycles. The Morgan fingerprint density at radius 2 is 1.89 bits per heavy atom. The zero-order valence-electron chi connectivity index (χ0n) is 10.4. The van der Waals surface area contributed by atoms with Crippen LogP contribution in [-0.2, 0) is 14.3 Å². The minimum Gasteiger partial charge on any atom is -0.374 e. The van der Waals surface area contributed by atoms with E-state index in [4.69, 9.17) is 26.8 Å². The summed E-state index contributed by atoms with van der Waals surface area (Å²) in [6, 6.07) is 6.42. The second-order valence-corrected chi connectivity index (χ2v) is 4.18. The van der Waals surface area contributed by atoms with Gasteiger partial charge in [-0.2, -0.15) is 0 Å². The number of nitrogens with one attached hydrogen (secondary N) is 1. The summed E-state index contributed by atoms with van der Waals surface area (Å²) in [7, 11) is 3.02. The molecule has 18 heavy (non-hydrogen) atoms. The summed E-state index contributed by atoms with van der Waals surface area (Å²) >= 11 is 5.78. The SMILES string of the molecule is COC(CC(Nc1ccc(Cl)cc1)C(N)=O)OC. The van der Waals surface area contributed by atoms with Gasteiger partial charge < -0.3 is 20.5 Å². The van der Waals surface area contributed by atoms with E-state index < -0.39 is 18.2 Å². The van der Waals surface area contributed by atoms with Gasteiger partial charge >= 0.3 is 0 Å². The molecule has 0 aliphatic rings. The van der Waals surface area contributed by atoms with Crippen LogP contribution in [0, 0.1) is 0 Å². The Bertz CT molecular complexity index is 379. The van der Waals surface area contributed by atoms with Crippen molar-refractivity contribution in [1.82, 2.24) is 0 Å². The number of ether oxygens (including phenoxy) is 2. The van der Waals surface area contributed by atoms with Gasteiger partial charge in [-0.1, -0.05) is 11.6 Å². The maximum absolute atomic E-state index is 11.4. The van der Waals surface area contributed by atoms with Gasteiger partial charge in [0.1, 0.15) is 6.04 Å². The highest BCUT2D eigenvalue weighted by Gasteiger charge is 2.20. The first-order valence-corrected chi connectivity index (χ1v) is 5.81. The van der Waals surface area contributed by atoms with Gasteiger partial charge in [-0.15, -0.1) is 0 Å². The zero-order chi connectivity index (χ0) is 13.5. The Morgan fingerprint density at radius 3 is 2.33 bits per heavy atom. The number of anilines is 1. The van der Waals surface area contributed by atoms with E-state index in [1.807, 2.05) is 0 Å². The Balaban J connectivity index is 2.68. The summed E-state index contributed by atoms with van der Waals surface area (Å²) in [5.74, 6) is -0.468. The molecule has 1 aromatic rings. The van der Waals surface area contributed by atoms with Crippen molar-refractivity contribution in [1.29, 1.82) is 0 Å². The minimum absolute atomic E-state index is 0.324. The van der Waals surface area contributed by atoms with Gasteiger partial charge in [-0.05, 0) is 24.3 Å². The lowest BCUT2D eigenvalue weighted by atomic mass is 10.1. The van der Waals surface area contributed by atoms with Gasteiger partial charge in [-0.3, -0.25) is 4.79 Å². The molecule has 1 aromatic carbocycles. The summed E-state index contributed by atoms with van der Waals surface area (Å²) in [6.45, 7) is 0. The fourth-order valence-corrected chi connectivity index (χ4v) is 1.60. The third-order valence-corrected chi connectivity index (χ3v) is 2.73. The quantitative estimate of drug-likeness (QED) is 0.740. The Hall–Kier alpha value is -1.30. The molecule has 1 amide bonds. The van der Waals surface area contributed by atoms with Gasteiger partial charge in [-0.25, -0.2) is 0 Å². The van der Waals surface area contributed by atoms with E-state index >= 15 is 0 Å². The largest absolute Gasteiger partial charge is 0.374 e. The molecule has 1 atom stereocenters. The second kappa shape index (κ2) is 7.20. The molecule has 0 radical (unpaired) electrons. The molecular formula is C12H17ClN2O3. The van der Waals surface area contributed by atoms with Gasteiger partial charge in [0.05, 0.1) is 0 Å². The lowest BCUT2D eigenvalue weighted by molar-refractivity contribution is -0.127. The highest BCUT2D eigenvalue weighted by molar-refractivity contribution is 6.30. The summed E-state index contributed by atoms with van der Waals surface area (Å²) in [5.41, 5.74) is 6.09. The fourth-order valence-electron chi connectivity index (χ4n) is 1.47. The van der Waals surface area contributed by atoms with Crippen LogP contribution in [-0.4, -0.2) is 32.5 Å². The smallest absolute Gasteiger partial charge is 0.240 e. The first-order chi connectivity index (χ1) is 8.56. The van der Waals surface area contributed by atoms with Crippen molar-refractivity contribution in [2.24, 2.45) is 5.73 Å². The summed E-state index contributed by atoms with van der Waals surface area (Å²) in [4.78, 5) is 11.4. The lowest BCUT2D eigenvalue weighted by Crippen LogP contribution is -2.39. The average Bonchev–Trinajstić information content (AvgIpc) is 2.36. The van der Waals surface area contributed by atoms with Crippen molar-refractivity contribution in [2.45, 2.75) is 18.8 Å². The Kier molecular flexibility index (Phi) is 5.91. The standard InChI is InChI=1S/C12H17ClN2O3/c1-17-11(18-2)7-10(12(14)16)15-9-5-3-8(13)4-6-9/h3-6,10-11,15H,7H2,1-2H3,(H2,14,16). The van der Waals surface area contributed by atoms with E-state index in [0.717, 1.165) is 5.69 Å². The Morgan fingerprint density at radius 1 is 1.33 bits per heavy atom. The summed E-state index contributed by atoms with van der Waals surface area (Å²) in [5, 5.41) is 3.64. The normalized spacial score (nSPS) is 12.4. The van der Waals surface area contributed by atoms with Crippen LogP contribution in [0.4, 0.5) is 5.69 Å². The molecule has 3 N–H and O–H groups in total. The minimum atomic E-state index is -0.573. The van der Waals surface area contributed by atoms with Gasteiger partial charge in [0.25, 0.3) is 0 Å². The molecule has 5 nitrogen and oxygen atoms in total. The Labute approximate surface area is 111 Å². The number of carbonyl (C=O) groups excluding carboxylic acids is 1. The molecule has 1 rings (SSSR count). The number of carbonyl (C=O) groups is 1. The van der Waals surface area contributed by atoms with Crippen molar-refractivity contribution in [3.8, 4) is 0 Å². The van der Waals surface area contributed by atoms with Crippen LogP contribution in [0.5, 0.6) is 0 Å². The molecule has 0 aromatic heterocycles. The van der Waals surface area contributed by atoms with Crippen LogP contribution >= 0.6 is 11.6 Å². The second-order valence-electron chi connectivity index (χ2n) is 3.74. The highest BCUT2D eigenvalue weighted by Crippen LogP contribution is 2.16. The first-order valence-electron chi connectivity index (χ1n) is 5.43. The van der Waals surface area contributed by atoms with Crippen molar-refractivity contribution < 1.29 is 14.3 Å². The van der Waals surface area contributed by atoms with Crippen molar-refractivity contribution in [3.05, 3.63) is 29.3 Å². The molecule has 0 heterocycles. The molecule has 0 saturated carbocycles. The number of hydrogen-bond acceptors (Lipinski definition) is 4. The number of methoxy groups -OCH3 is 2. The summed E-state index contributed by atoms with van der Waals surface area (Å²) in [6.07, 6.45) is -0.160. The van der Waals surface area contributed by atoms with Crippen molar-refractivity contribution in [2.75, 3.05) is 19.5 Å². The van der Waals surface area contributed by atoms with Crippen LogP contribution in [0.1, 0.15) is 6.42 Å². The van der Waals surface area contributed by atoms with Gasteiger partial charge in [0, 0.05) is 31.4 Å². The zero-order valence-corrected chi connectivity index (χ0v) is 11.1. The van der Waals surface area contributed by atoms with E-state index in [0.29, 0.717) is 11.4 Å². The molecular weight excluding hydrogens is 256 g/mol. The summed E-state index contributed by atoms with van der Waals surface area (Å²) < 4.78 is 10.1. The number of halogens is 1. The van der Waals surface area contributed by atoms with Crippen LogP contribution < -0.4 is 11.1 Å². The third kappa shape index (κ3) is 4.52. The third-order valence-electron chi connectivity index (χ3n) is 2.48. The monoisotopic (exact) mass is 272 g/mol. The van der Waals surface area contributed by atoms with Crippen molar-refractivity contribution >= 4 is 23.2 Å². The first kappa shape index (κ1) is 14.8. The number of primary amides is 1.